The average Bonchev–Trinajstić information content (AvgIpc) is 3.32. The van der Waals surface area contributed by atoms with Gasteiger partial charge in [0.1, 0.15) is 5.75 Å². The van der Waals surface area contributed by atoms with Crippen LogP contribution in [0, 0.1) is 5.82 Å². The van der Waals surface area contributed by atoms with Gasteiger partial charge < -0.3 is 24.8 Å². The number of carbonyl (C=O) groups excluding carboxylic acids is 2. The van der Waals surface area contributed by atoms with Gasteiger partial charge >= 0.3 is 11.8 Å². The second kappa shape index (κ2) is 10.1. The molecule has 0 saturated heterocycles. The number of amides is 2. The maximum absolute atomic E-state index is 14.9. The molecule has 0 spiro atoms. The lowest BCUT2D eigenvalue weighted by Gasteiger charge is -2.14. The number of hydrogen-bond donors (Lipinski definition) is 2. The Morgan fingerprint density at radius 3 is 2.49 bits per heavy atom. The van der Waals surface area contributed by atoms with E-state index in [1.165, 1.54) is 32.5 Å². The molecule has 188 valence electrons. The molecule has 2 amide bonds. The Labute approximate surface area is 212 Å². The molecule has 5 rings (SSSR count). The van der Waals surface area contributed by atoms with Crippen molar-refractivity contribution in [3.8, 4) is 23.0 Å². The highest BCUT2D eigenvalue weighted by Crippen LogP contribution is 2.37. The van der Waals surface area contributed by atoms with Crippen LogP contribution < -0.4 is 24.8 Å². The summed E-state index contributed by atoms with van der Waals surface area (Å²) in [6, 6.07) is 16.5. The first kappa shape index (κ1) is 24.1. The number of rotatable bonds is 6. The summed E-state index contributed by atoms with van der Waals surface area (Å²) < 4.78 is 31.4. The predicted octanol–water partition coefficient (Wildman–Crippen LogP) is 4.93. The van der Waals surface area contributed by atoms with Gasteiger partial charge in [0.05, 0.1) is 25.8 Å². The third-order valence-electron chi connectivity index (χ3n) is 6.26. The molecule has 0 radical (unpaired) electrons. The van der Waals surface area contributed by atoms with Crippen molar-refractivity contribution in [3.63, 3.8) is 0 Å². The molecule has 4 aromatic rings. The van der Waals surface area contributed by atoms with Crippen LogP contribution in [0.4, 0.5) is 10.1 Å². The summed E-state index contributed by atoms with van der Waals surface area (Å²) in [4.78, 5) is 29.2. The lowest BCUT2D eigenvalue weighted by molar-refractivity contribution is -0.136. The Balaban J connectivity index is 1.29. The van der Waals surface area contributed by atoms with E-state index < -0.39 is 17.6 Å². The summed E-state index contributed by atoms with van der Waals surface area (Å²) in [5, 5.41) is 5.79. The number of hydrogen-bond acceptors (Lipinski definition) is 6. The Morgan fingerprint density at radius 1 is 0.919 bits per heavy atom. The van der Waals surface area contributed by atoms with Gasteiger partial charge in [-0.1, -0.05) is 24.3 Å². The fourth-order valence-electron chi connectivity index (χ4n) is 4.44. The zero-order valence-corrected chi connectivity index (χ0v) is 20.2. The monoisotopic (exact) mass is 501 g/mol. The van der Waals surface area contributed by atoms with E-state index in [4.69, 9.17) is 14.2 Å². The second-order valence-corrected chi connectivity index (χ2v) is 8.50. The third kappa shape index (κ3) is 4.88. The van der Waals surface area contributed by atoms with Crippen molar-refractivity contribution in [2.24, 2.45) is 0 Å². The van der Waals surface area contributed by atoms with Gasteiger partial charge in [0, 0.05) is 29.4 Å². The van der Waals surface area contributed by atoms with E-state index in [0.717, 1.165) is 30.0 Å². The number of nitrogens with one attached hydrogen (secondary N) is 2. The van der Waals surface area contributed by atoms with Gasteiger partial charge in [-0.05, 0) is 48.2 Å². The number of benzene rings is 3. The summed E-state index contributed by atoms with van der Waals surface area (Å²) in [5.41, 5.74) is 2.87. The maximum Gasteiger partial charge on any atom is 0.313 e. The van der Waals surface area contributed by atoms with E-state index in [2.05, 4.69) is 15.6 Å². The van der Waals surface area contributed by atoms with Crippen LogP contribution in [-0.4, -0.2) is 31.0 Å². The van der Waals surface area contributed by atoms with Crippen molar-refractivity contribution >= 4 is 28.4 Å². The topological polar surface area (TPSA) is 98.8 Å². The number of pyridine rings is 1. The Kier molecular flexibility index (Phi) is 6.59. The summed E-state index contributed by atoms with van der Waals surface area (Å²) >= 11 is 0. The molecular formula is C28H24FN3O5. The second-order valence-electron chi connectivity index (χ2n) is 8.50. The highest BCUT2D eigenvalue weighted by Gasteiger charge is 2.26. The van der Waals surface area contributed by atoms with Crippen molar-refractivity contribution in [3.05, 3.63) is 83.8 Å². The molecule has 0 bridgehead atoms. The van der Waals surface area contributed by atoms with Crippen LogP contribution in [0.2, 0.25) is 0 Å². The zero-order chi connectivity index (χ0) is 25.9. The third-order valence-corrected chi connectivity index (χ3v) is 6.26. The molecule has 0 fully saturated rings. The van der Waals surface area contributed by atoms with E-state index in [1.54, 1.807) is 18.2 Å². The minimum absolute atomic E-state index is 0.0627. The summed E-state index contributed by atoms with van der Waals surface area (Å²) in [5.74, 6) is -1.09. The minimum atomic E-state index is -0.876. The van der Waals surface area contributed by atoms with E-state index in [1.807, 2.05) is 24.3 Å². The van der Waals surface area contributed by atoms with Gasteiger partial charge in [-0.25, -0.2) is 4.39 Å². The van der Waals surface area contributed by atoms with Crippen LogP contribution in [-0.2, 0) is 16.0 Å². The Morgan fingerprint density at radius 2 is 1.70 bits per heavy atom. The molecule has 1 aliphatic carbocycles. The van der Waals surface area contributed by atoms with E-state index in [0.29, 0.717) is 28.2 Å². The average molecular weight is 502 g/mol. The minimum Gasteiger partial charge on any atom is -0.493 e. The molecule has 0 saturated carbocycles. The van der Waals surface area contributed by atoms with Gasteiger partial charge in [-0.3, -0.25) is 14.6 Å². The SMILES string of the molecule is COc1cc2nccc(Oc3ccc(NC(=O)C(=O)NC4CCc5ccccc54)cc3F)c2cc1OC. The first-order chi connectivity index (χ1) is 18.0. The van der Waals surface area contributed by atoms with Crippen LogP contribution in [0.25, 0.3) is 10.9 Å². The van der Waals surface area contributed by atoms with Gasteiger partial charge in [-0.2, -0.15) is 0 Å². The van der Waals surface area contributed by atoms with Crippen molar-refractivity contribution in [1.82, 2.24) is 10.3 Å². The standard InChI is InChI=1S/C28H24FN3O5/c1-35-25-14-19-22(15-26(25)36-2)30-12-11-23(19)37-24-10-8-17(13-20(24)29)31-27(33)28(34)32-21-9-7-16-5-3-4-6-18(16)21/h3-6,8,10-15,21H,7,9H2,1-2H3,(H,31,33)(H,32,34). The van der Waals surface area contributed by atoms with E-state index in [9.17, 15) is 14.0 Å². The van der Waals surface area contributed by atoms with Crippen molar-refractivity contribution in [2.45, 2.75) is 18.9 Å². The molecule has 3 aromatic carbocycles. The normalized spacial score (nSPS) is 14.1. The molecular weight excluding hydrogens is 477 g/mol. The highest BCUT2D eigenvalue weighted by atomic mass is 19.1. The first-order valence-corrected chi connectivity index (χ1v) is 11.6. The van der Waals surface area contributed by atoms with E-state index >= 15 is 0 Å². The van der Waals surface area contributed by atoms with Crippen LogP contribution >= 0.6 is 0 Å². The number of halogens is 1. The van der Waals surface area contributed by atoms with Crippen LogP contribution in [0.3, 0.4) is 0 Å². The number of aromatic nitrogens is 1. The van der Waals surface area contributed by atoms with Crippen LogP contribution in [0.1, 0.15) is 23.6 Å². The molecule has 9 heteroatoms. The molecule has 1 aromatic heterocycles. The number of carbonyl (C=O) groups is 2. The fourth-order valence-corrected chi connectivity index (χ4v) is 4.44. The number of methoxy groups -OCH3 is 2. The molecule has 8 nitrogen and oxygen atoms in total. The number of ether oxygens (including phenoxy) is 3. The molecule has 1 heterocycles. The summed E-state index contributed by atoms with van der Waals surface area (Å²) in [6.45, 7) is 0. The van der Waals surface area contributed by atoms with Gasteiger partial charge in [0.25, 0.3) is 0 Å². The fraction of sp³-hybridized carbons (Fsp3) is 0.179. The molecule has 0 aliphatic heterocycles. The molecule has 37 heavy (non-hydrogen) atoms. The maximum atomic E-state index is 14.9. The van der Waals surface area contributed by atoms with Gasteiger partial charge in [-0.15, -0.1) is 0 Å². The number of nitrogens with zero attached hydrogens (tertiary/aromatic N) is 1. The summed E-state index contributed by atoms with van der Waals surface area (Å²) in [6.07, 6.45) is 3.10. The Bertz CT molecular complexity index is 1510. The van der Waals surface area contributed by atoms with Crippen molar-refractivity contribution < 1.29 is 28.2 Å². The summed E-state index contributed by atoms with van der Waals surface area (Å²) in [7, 11) is 3.04. The van der Waals surface area contributed by atoms with Crippen LogP contribution in [0.15, 0.2) is 66.9 Å². The van der Waals surface area contributed by atoms with Gasteiger partial charge in [0.2, 0.25) is 0 Å². The quantitative estimate of drug-likeness (QED) is 0.364. The molecule has 2 N–H and O–H groups in total. The first-order valence-electron chi connectivity index (χ1n) is 11.6. The molecule has 1 atom stereocenters. The predicted molar refractivity (Wildman–Crippen MR) is 136 cm³/mol. The smallest absolute Gasteiger partial charge is 0.313 e. The number of anilines is 1. The molecule has 1 unspecified atom stereocenters. The van der Waals surface area contributed by atoms with Crippen molar-refractivity contribution in [1.29, 1.82) is 0 Å². The van der Waals surface area contributed by atoms with Crippen LogP contribution in [0.5, 0.6) is 23.0 Å². The number of aryl methyl sites for hydroxylation is 1. The lowest BCUT2D eigenvalue weighted by Crippen LogP contribution is -2.37. The van der Waals surface area contributed by atoms with Gasteiger partial charge in [0.15, 0.2) is 23.1 Å². The van der Waals surface area contributed by atoms with Crippen molar-refractivity contribution in [2.75, 3.05) is 19.5 Å². The largest absolute Gasteiger partial charge is 0.493 e. The lowest BCUT2D eigenvalue weighted by atomic mass is 10.1. The number of fused-ring (bicyclic) bond motifs is 2. The van der Waals surface area contributed by atoms with E-state index in [-0.39, 0.29) is 17.5 Å². The molecule has 1 aliphatic rings. The Hall–Kier alpha value is -4.66. The zero-order valence-electron chi connectivity index (χ0n) is 20.2. The highest BCUT2D eigenvalue weighted by molar-refractivity contribution is 6.39.